The lowest BCUT2D eigenvalue weighted by atomic mass is 10.1. The Bertz CT molecular complexity index is 56.9. The Morgan fingerprint density at radius 2 is 2.11 bits per heavy atom. The van der Waals surface area contributed by atoms with Crippen molar-refractivity contribution in [3.05, 3.63) is 0 Å². The maximum absolute atomic E-state index is 5.57. The molecule has 0 bridgehead atoms. The van der Waals surface area contributed by atoms with Gasteiger partial charge in [-0.3, -0.25) is 0 Å². The summed E-state index contributed by atoms with van der Waals surface area (Å²) < 4.78 is 0. The molecule has 1 aliphatic rings. The molecule has 1 rings (SSSR count). The molecule has 1 saturated heterocycles. The minimum absolute atomic E-state index is 0. The van der Waals surface area contributed by atoms with Crippen LogP contribution in [0.15, 0.2) is 0 Å². The van der Waals surface area contributed by atoms with E-state index in [9.17, 15) is 0 Å². The first kappa shape index (κ1) is 11.9. The maximum Gasteiger partial charge on any atom is 0.0165 e. The van der Waals surface area contributed by atoms with Gasteiger partial charge in [0.25, 0.3) is 0 Å². The van der Waals surface area contributed by atoms with E-state index >= 15 is 0 Å². The van der Waals surface area contributed by atoms with Crippen LogP contribution in [-0.2, 0) is 0 Å². The van der Waals surface area contributed by atoms with Crippen molar-refractivity contribution in [1.29, 1.82) is 0 Å². The van der Waals surface area contributed by atoms with Crippen molar-refractivity contribution >= 4 is 12.4 Å². The summed E-state index contributed by atoms with van der Waals surface area (Å²) in [5.41, 5.74) is 5.57. The third kappa shape index (κ3) is 4.66. The number of piperidine rings is 1. The molecule has 0 aromatic heterocycles. The molecule has 3 nitrogen and oxygen atoms in total. The Balaban J connectivity index is 0. The van der Waals surface area contributed by atoms with Crippen molar-refractivity contribution in [2.45, 2.75) is 18.9 Å². The molecule has 0 aliphatic carbocycles. The fraction of sp³-hybridized carbons (Fsp3) is 1.00. The highest BCUT2D eigenvalue weighted by Gasteiger charge is 2.05. The molecule has 4 heteroatoms. The van der Waals surface area contributed by atoms with Gasteiger partial charge in [-0.1, -0.05) is 0 Å². The molecular formula is C5H15ClN2O. The molecule has 58 valence electrons. The van der Waals surface area contributed by atoms with Crippen LogP contribution in [0.2, 0.25) is 0 Å². The predicted octanol–water partition coefficient (Wildman–Crippen LogP) is -0.706. The molecule has 9 heavy (non-hydrogen) atoms. The topological polar surface area (TPSA) is 69.5 Å². The first-order chi connectivity index (χ1) is 3.39. The quantitative estimate of drug-likeness (QED) is 0.484. The van der Waals surface area contributed by atoms with Crippen LogP contribution in [0.5, 0.6) is 0 Å². The largest absolute Gasteiger partial charge is 0.412 e. The lowest BCUT2D eigenvalue weighted by Crippen LogP contribution is -2.39. The maximum atomic E-state index is 5.57. The monoisotopic (exact) mass is 154 g/mol. The van der Waals surface area contributed by atoms with E-state index in [4.69, 9.17) is 5.73 Å². The molecule has 1 heterocycles. The van der Waals surface area contributed by atoms with Crippen molar-refractivity contribution in [2.24, 2.45) is 5.73 Å². The third-order valence-corrected chi connectivity index (χ3v) is 1.33. The number of hydrogen-bond donors (Lipinski definition) is 2. The average Bonchev–Trinajstić information content (AvgIpc) is 1.69. The van der Waals surface area contributed by atoms with Gasteiger partial charge in [-0.25, -0.2) is 0 Å². The SMILES string of the molecule is Cl.N[C@@H]1CCCNC1.O. The zero-order valence-corrected chi connectivity index (χ0v) is 6.21. The molecule has 0 spiro atoms. The predicted molar refractivity (Wildman–Crippen MR) is 40.9 cm³/mol. The summed E-state index contributed by atoms with van der Waals surface area (Å²) in [4.78, 5) is 0. The van der Waals surface area contributed by atoms with Gasteiger partial charge in [-0.05, 0) is 19.4 Å². The number of nitrogens with two attached hydrogens (primary N) is 1. The Kier molecular flexibility index (Phi) is 8.32. The van der Waals surface area contributed by atoms with Crippen LogP contribution < -0.4 is 11.1 Å². The zero-order chi connectivity index (χ0) is 5.11. The smallest absolute Gasteiger partial charge is 0.0165 e. The van der Waals surface area contributed by atoms with Crippen molar-refractivity contribution in [2.75, 3.05) is 13.1 Å². The summed E-state index contributed by atoms with van der Waals surface area (Å²) in [5.74, 6) is 0. The summed E-state index contributed by atoms with van der Waals surface area (Å²) in [6.45, 7) is 2.17. The number of halogens is 1. The normalized spacial score (nSPS) is 25.7. The Hall–Kier alpha value is 0.170. The van der Waals surface area contributed by atoms with Gasteiger partial charge in [0.2, 0.25) is 0 Å². The van der Waals surface area contributed by atoms with E-state index in [1.807, 2.05) is 0 Å². The molecular weight excluding hydrogens is 140 g/mol. The molecule has 5 N–H and O–H groups in total. The van der Waals surface area contributed by atoms with E-state index in [0.717, 1.165) is 13.1 Å². The van der Waals surface area contributed by atoms with Crippen LogP contribution in [0.1, 0.15) is 12.8 Å². The summed E-state index contributed by atoms with van der Waals surface area (Å²) >= 11 is 0. The highest BCUT2D eigenvalue weighted by Crippen LogP contribution is 1.96. The number of rotatable bonds is 0. The first-order valence-electron chi connectivity index (χ1n) is 2.86. The number of nitrogens with one attached hydrogen (secondary N) is 1. The Morgan fingerprint density at radius 1 is 1.44 bits per heavy atom. The first-order valence-corrected chi connectivity index (χ1v) is 2.86. The summed E-state index contributed by atoms with van der Waals surface area (Å²) in [6.07, 6.45) is 2.45. The fourth-order valence-corrected chi connectivity index (χ4v) is 0.879. The van der Waals surface area contributed by atoms with E-state index in [0.29, 0.717) is 6.04 Å². The average molecular weight is 155 g/mol. The van der Waals surface area contributed by atoms with E-state index in [1.165, 1.54) is 12.8 Å². The van der Waals surface area contributed by atoms with Gasteiger partial charge in [0.05, 0.1) is 0 Å². The molecule has 0 unspecified atom stereocenters. The lowest BCUT2D eigenvalue weighted by Gasteiger charge is -2.17. The molecule has 0 radical (unpaired) electrons. The Morgan fingerprint density at radius 3 is 2.33 bits per heavy atom. The third-order valence-electron chi connectivity index (χ3n) is 1.33. The minimum atomic E-state index is 0. The summed E-state index contributed by atoms with van der Waals surface area (Å²) in [7, 11) is 0. The van der Waals surface area contributed by atoms with Gasteiger partial charge >= 0.3 is 0 Å². The standard InChI is InChI=1S/C5H12N2.ClH.H2O/c6-5-2-1-3-7-4-5;;/h5,7H,1-4,6H2;1H;1H2/t5-;;/m1../s1. The van der Waals surface area contributed by atoms with Crippen LogP contribution in [0.4, 0.5) is 0 Å². The molecule has 0 saturated carbocycles. The minimum Gasteiger partial charge on any atom is -0.412 e. The van der Waals surface area contributed by atoms with Gasteiger partial charge in [0, 0.05) is 12.6 Å². The van der Waals surface area contributed by atoms with Gasteiger partial charge in [-0.2, -0.15) is 0 Å². The molecule has 1 atom stereocenters. The van der Waals surface area contributed by atoms with Crippen LogP contribution in [0, 0.1) is 0 Å². The summed E-state index contributed by atoms with van der Waals surface area (Å²) in [5, 5.41) is 3.21. The zero-order valence-electron chi connectivity index (χ0n) is 5.39. The molecule has 0 aromatic rings. The second-order valence-corrected chi connectivity index (χ2v) is 2.11. The van der Waals surface area contributed by atoms with Crippen molar-refractivity contribution in [3.8, 4) is 0 Å². The van der Waals surface area contributed by atoms with Gasteiger partial charge in [0.15, 0.2) is 0 Å². The molecule has 1 fully saturated rings. The van der Waals surface area contributed by atoms with Gasteiger partial charge < -0.3 is 16.5 Å². The van der Waals surface area contributed by atoms with Crippen LogP contribution in [0.25, 0.3) is 0 Å². The van der Waals surface area contributed by atoms with Crippen molar-refractivity contribution < 1.29 is 5.48 Å². The highest BCUT2D eigenvalue weighted by molar-refractivity contribution is 5.85. The van der Waals surface area contributed by atoms with Gasteiger partial charge in [0.1, 0.15) is 0 Å². The van der Waals surface area contributed by atoms with Gasteiger partial charge in [-0.15, -0.1) is 12.4 Å². The number of hydrogen-bond acceptors (Lipinski definition) is 2. The van der Waals surface area contributed by atoms with Crippen molar-refractivity contribution in [1.82, 2.24) is 5.32 Å². The second kappa shape index (κ2) is 6.29. The lowest BCUT2D eigenvalue weighted by molar-refractivity contribution is 0.459. The Labute approximate surface area is 61.7 Å². The second-order valence-electron chi connectivity index (χ2n) is 2.11. The summed E-state index contributed by atoms with van der Waals surface area (Å²) in [6, 6.07) is 0.425. The van der Waals surface area contributed by atoms with Crippen molar-refractivity contribution in [3.63, 3.8) is 0 Å². The van der Waals surface area contributed by atoms with Crippen LogP contribution in [0.3, 0.4) is 0 Å². The van der Waals surface area contributed by atoms with E-state index < -0.39 is 0 Å². The fourth-order valence-electron chi connectivity index (χ4n) is 0.879. The van der Waals surface area contributed by atoms with Crippen LogP contribution in [-0.4, -0.2) is 24.6 Å². The molecule has 1 aliphatic heterocycles. The van der Waals surface area contributed by atoms with E-state index in [1.54, 1.807) is 0 Å². The molecule has 0 aromatic carbocycles. The van der Waals surface area contributed by atoms with E-state index in [-0.39, 0.29) is 17.9 Å². The molecule has 0 amide bonds. The van der Waals surface area contributed by atoms with E-state index in [2.05, 4.69) is 5.32 Å². The van der Waals surface area contributed by atoms with Crippen LogP contribution >= 0.6 is 12.4 Å². The highest BCUT2D eigenvalue weighted by atomic mass is 35.5.